The summed E-state index contributed by atoms with van der Waals surface area (Å²) in [5, 5.41) is 9.82. The number of hydrogen-bond acceptors (Lipinski definition) is 2. The van der Waals surface area contributed by atoms with Crippen molar-refractivity contribution in [3.8, 4) is 5.75 Å². The predicted octanol–water partition coefficient (Wildman–Crippen LogP) is 4.31. The Kier molecular flexibility index (Phi) is 4.45. The Morgan fingerprint density at radius 1 is 1.16 bits per heavy atom. The van der Waals surface area contributed by atoms with E-state index in [9.17, 15) is 9.90 Å². The van der Waals surface area contributed by atoms with Crippen molar-refractivity contribution in [2.75, 3.05) is 0 Å². The number of halogens is 2. The Morgan fingerprint density at radius 2 is 1.79 bits per heavy atom. The lowest BCUT2D eigenvalue weighted by atomic mass is 10.1. The molecule has 0 spiro atoms. The fourth-order valence-electron chi connectivity index (χ4n) is 1.57. The predicted molar refractivity (Wildman–Crippen MR) is 76.6 cm³/mol. The number of rotatable bonds is 4. The summed E-state index contributed by atoms with van der Waals surface area (Å²) >= 11 is 9.10. The van der Waals surface area contributed by atoms with Gasteiger partial charge in [-0.2, -0.15) is 0 Å². The third-order valence-electron chi connectivity index (χ3n) is 2.48. The molecule has 0 aliphatic heterocycles. The van der Waals surface area contributed by atoms with Crippen LogP contribution in [0.5, 0.6) is 5.75 Å². The van der Waals surface area contributed by atoms with E-state index in [-0.39, 0.29) is 0 Å². The van der Waals surface area contributed by atoms with E-state index in [1.54, 1.807) is 42.5 Å². The summed E-state index contributed by atoms with van der Waals surface area (Å²) in [6.45, 7) is 0. The summed E-state index contributed by atoms with van der Waals surface area (Å²) in [5.74, 6) is -0.581. The van der Waals surface area contributed by atoms with Gasteiger partial charge in [0.15, 0.2) is 0 Å². The summed E-state index contributed by atoms with van der Waals surface area (Å²) in [4.78, 5) is 11.3. The molecule has 0 aliphatic rings. The topological polar surface area (TPSA) is 46.5 Å². The Balaban J connectivity index is 2.29. The molecule has 2 aromatic carbocycles. The van der Waals surface area contributed by atoms with Gasteiger partial charge in [0.2, 0.25) is 6.10 Å². The van der Waals surface area contributed by atoms with Gasteiger partial charge in [0, 0.05) is 10.6 Å². The Hall–Kier alpha value is -1.52. The van der Waals surface area contributed by atoms with Crippen LogP contribution >= 0.6 is 27.5 Å². The molecule has 19 heavy (non-hydrogen) atoms. The molecule has 0 heterocycles. The second-order valence-corrected chi connectivity index (χ2v) is 5.11. The van der Waals surface area contributed by atoms with E-state index < -0.39 is 12.1 Å². The Labute approximate surface area is 123 Å². The van der Waals surface area contributed by atoms with Crippen LogP contribution in [0.3, 0.4) is 0 Å². The van der Waals surface area contributed by atoms with Crippen molar-refractivity contribution >= 4 is 33.5 Å². The molecule has 5 heteroatoms. The molecule has 0 radical (unpaired) electrons. The van der Waals surface area contributed by atoms with E-state index in [2.05, 4.69) is 15.9 Å². The quantitative estimate of drug-likeness (QED) is 0.901. The van der Waals surface area contributed by atoms with E-state index in [1.165, 1.54) is 0 Å². The van der Waals surface area contributed by atoms with E-state index in [0.717, 1.165) is 0 Å². The fraction of sp³-hybridized carbons (Fsp3) is 0.0714. The molecule has 1 atom stereocenters. The summed E-state index contributed by atoms with van der Waals surface area (Å²) in [5.41, 5.74) is 0.535. The third-order valence-corrected chi connectivity index (χ3v) is 3.39. The lowest BCUT2D eigenvalue weighted by Crippen LogP contribution is -2.18. The van der Waals surface area contributed by atoms with Crippen molar-refractivity contribution in [1.29, 1.82) is 0 Å². The number of hydrogen-bond donors (Lipinski definition) is 1. The summed E-state index contributed by atoms with van der Waals surface area (Å²) in [7, 11) is 0. The number of carbonyl (C=O) groups is 1. The number of aliphatic carboxylic acids is 1. The number of carboxylic acid groups (broad SMARTS) is 1. The largest absolute Gasteiger partial charge is 0.478 e. The molecule has 3 nitrogen and oxygen atoms in total. The molecule has 98 valence electrons. The molecule has 2 aromatic rings. The molecule has 1 N–H and O–H groups in total. The summed E-state index contributed by atoms with van der Waals surface area (Å²) in [6, 6.07) is 13.6. The van der Waals surface area contributed by atoms with Crippen molar-refractivity contribution in [3.63, 3.8) is 0 Å². The first-order chi connectivity index (χ1) is 9.08. The van der Waals surface area contributed by atoms with Gasteiger partial charge >= 0.3 is 5.97 Å². The molecular formula is C14H10BrClO3. The fourth-order valence-corrected chi connectivity index (χ4v) is 2.07. The van der Waals surface area contributed by atoms with Gasteiger partial charge in [-0.05, 0) is 40.2 Å². The molecule has 0 fully saturated rings. The van der Waals surface area contributed by atoms with Gasteiger partial charge in [-0.3, -0.25) is 0 Å². The smallest absolute Gasteiger partial charge is 0.349 e. The lowest BCUT2D eigenvalue weighted by Gasteiger charge is -2.16. The minimum Gasteiger partial charge on any atom is -0.478 e. The minimum absolute atomic E-state index is 0.477. The van der Waals surface area contributed by atoms with Crippen LogP contribution < -0.4 is 4.74 Å². The first-order valence-corrected chi connectivity index (χ1v) is 6.64. The second kappa shape index (κ2) is 6.08. The maximum absolute atomic E-state index is 11.3. The third kappa shape index (κ3) is 3.49. The van der Waals surface area contributed by atoms with Crippen molar-refractivity contribution in [3.05, 3.63) is 63.6 Å². The van der Waals surface area contributed by atoms with E-state index in [0.29, 0.717) is 20.8 Å². The molecular weight excluding hydrogens is 332 g/mol. The van der Waals surface area contributed by atoms with Gasteiger partial charge in [0.25, 0.3) is 0 Å². The Bertz CT molecular complexity index is 583. The van der Waals surface area contributed by atoms with Gasteiger partial charge in [-0.25, -0.2) is 4.79 Å². The highest BCUT2D eigenvalue weighted by Gasteiger charge is 2.22. The van der Waals surface area contributed by atoms with Gasteiger partial charge in [-0.1, -0.05) is 35.9 Å². The molecule has 0 aliphatic carbocycles. The highest BCUT2D eigenvalue weighted by Crippen LogP contribution is 2.29. The van der Waals surface area contributed by atoms with Crippen molar-refractivity contribution in [2.24, 2.45) is 0 Å². The SMILES string of the molecule is O=C(O)C(Oc1ccccc1Br)c1ccc(Cl)cc1. The van der Waals surface area contributed by atoms with Gasteiger partial charge in [-0.15, -0.1) is 0 Å². The second-order valence-electron chi connectivity index (χ2n) is 3.82. The van der Waals surface area contributed by atoms with Crippen LogP contribution in [0.25, 0.3) is 0 Å². The van der Waals surface area contributed by atoms with Crippen LogP contribution in [0.2, 0.25) is 5.02 Å². The van der Waals surface area contributed by atoms with Crippen LogP contribution in [0, 0.1) is 0 Å². The van der Waals surface area contributed by atoms with Gasteiger partial charge in [0.1, 0.15) is 5.75 Å². The van der Waals surface area contributed by atoms with Crippen LogP contribution in [0.4, 0.5) is 0 Å². The maximum Gasteiger partial charge on any atom is 0.349 e. The number of ether oxygens (including phenoxy) is 1. The van der Waals surface area contributed by atoms with Crippen LogP contribution in [-0.2, 0) is 4.79 Å². The zero-order valence-electron chi connectivity index (χ0n) is 9.72. The van der Waals surface area contributed by atoms with Crippen LogP contribution in [-0.4, -0.2) is 11.1 Å². The van der Waals surface area contributed by atoms with Crippen molar-refractivity contribution in [1.82, 2.24) is 0 Å². The van der Waals surface area contributed by atoms with E-state index in [1.807, 2.05) is 6.07 Å². The standard InChI is InChI=1S/C14H10BrClO3/c15-11-3-1-2-4-12(11)19-13(14(17)18)9-5-7-10(16)8-6-9/h1-8,13H,(H,17,18). The first kappa shape index (κ1) is 13.9. The molecule has 0 saturated carbocycles. The van der Waals surface area contributed by atoms with E-state index >= 15 is 0 Å². The number of benzene rings is 2. The molecule has 0 aromatic heterocycles. The van der Waals surface area contributed by atoms with Crippen LogP contribution in [0.1, 0.15) is 11.7 Å². The normalized spacial score (nSPS) is 11.9. The average molecular weight is 342 g/mol. The molecule has 0 bridgehead atoms. The molecule has 0 saturated heterocycles. The highest BCUT2D eigenvalue weighted by atomic mass is 79.9. The maximum atomic E-state index is 11.3. The van der Waals surface area contributed by atoms with Crippen LogP contribution in [0.15, 0.2) is 53.0 Å². The van der Waals surface area contributed by atoms with Crippen molar-refractivity contribution in [2.45, 2.75) is 6.10 Å². The minimum atomic E-state index is -1.07. The van der Waals surface area contributed by atoms with Gasteiger partial charge < -0.3 is 9.84 Å². The summed E-state index contributed by atoms with van der Waals surface area (Å²) in [6.07, 6.45) is -1.07. The van der Waals surface area contributed by atoms with Crippen molar-refractivity contribution < 1.29 is 14.6 Å². The summed E-state index contributed by atoms with van der Waals surface area (Å²) < 4.78 is 6.25. The van der Waals surface area contributed by atoms with Gasteiger partial charge in [0.05, 0.1) is 4.47 Å². The van der Waals surface area contributed by atoms with E-state index in [4.69, 9.17) is 16.3 Å². The zero-order chi connectivity index (χ0) is 13.8. The number of para-hydroxylation sites is 1. The monoisotopic (exact) mass is 340 g/mol. The molecule has 2 rings (SSSR count). The molecule has 0 amide bonds. The molecule has 1 unspecified atom stereocenters. The zero-order valence-corrected chi connectivity index (χ0v) is 12.1. The first-order valence-electron chi connectivity index (χ1n) is 5.47. The highest BCUT2D eigenvalue weighted by molar-refractivity contribution is 9.10. The average Bonchev–Trinajstić information content (AvgIpc) is 2.39. The Morgan fingerprint density at radius 3 is 2.37 bits per heavy atom. The lowest BCUT2D eigenvalue weighted by molar-refractivity contribution is -0.145. The number of carboxylic acids is 1.